The van der Waals surface area contributed by atoms with Crippen LogP contribution in [0.15, 0.2) is 47.0 Å². The minimum atomic E-state index is -1.07. The van der Waals surface area contributed by atoms with Crippen molar-refractivity contribution in [1.29, 1.82) is 0 Å². The zero-order valence-corrected chi connectivity index (χ0v) is 15.3. The first kappa shape index (κ1) is 19.2. The number of rotatable bonds is 6. The average Bonchev–Trinajstić information content (AvgIpc) is 3.13. The number of carboxylic acids is 1. The van der Waals surface area contributed by atoms with Gasteiger partial charge in [0.2, 0.25) is 5.82 Å². The number of aromatic nitrogens is 2. The molecule has 1 amide bonds. The van der Waals surface area contributed by atoms with Crippen LogP contribution in [0.4, 0.5) is 4.39 Å². The second-order valence-corrected chi connectivity index (χ2v) is 6.34. The summed E-state index contributed by atoms with van der Waals surface area (Å²) < 4.78 is 19.2. The van der Waals surface area contributed by atoms with Crippen molar-refractivity contribution in [1.82, 2.24) is 15.5 Å². The van der Waals surface area contributed by atoms with Gasteiger partial charge in [0.1, 0.15) is 5.82 Å². The average molecular weight is 383 g/mol. The molecule has 2 N–H and O–H groups in total. The first-order valence-corrected chi connectivity index (χ1v) is 8.54. The molecule has 3 aromatic rings. The van der Waals surface area contributed by atoms with Crippen molar-refractivity contribution < 1.29 is 23.6 Å². The number of aryl methyl sites for hydroxylation is 2. The fourth-order valence-electron chi connectivity index (χ4n) is 2.86. The Balaban J connectivity index is 1.85. The molecular weight excluding hydrogens is 365 g/mol. The molecule has 28 heavy (non-hydrogen) atoms. The van der Waals surface area contributed by atoms with Crippen molar-refractivity contribution in [3.05, 3.63) is 70.9 Å². The van der Waals surface area contributed by atoms with E-state index in [2.05, 4.69) is 15.5 Å². The minimum Gasteiger partial charge on any atom is -0.481 e. The van der Waals surface area contributed by atoms with E-state index in [4.69, 9.17) is 4.52 Å². The monoisotopic (exact) mass is 383 g/mol. The molecule has 0 spiro atoms. The number of carbonyl (C=O) groups excluding carboxylic acids is 1. The van der Waals surface area contributed by atoms with Crippen LogP contribution in [0.3, 0.4) is 0 Å². The lowest BCUT2D eigenvalue weighted by atomic mass is 9.99. The van der Waals surface area contributed by atoms with Crippen LogP contribution < -0.4 is 5.32 Å². The van der Waals surface area contributed by atoms with Crippen molar-refractivity contribution in [3.8, 4) is 11.4 Å². The summed E-state index contributed by atoms with van der Waals surface area (Å²) in [5, 5.41) is 15.5. The number of nitrogens with one attached hydrogen (secondary N) is 1. The fraction of sp³-hybridized carbons (Fsp3) is 0.200. The Morgan fingerprint density at radius 1 is 1.14 bits per heavy atom. The van der Waals surface area contributed by atoms with Gasteiger partial charge in [-0.2, -0.15) is 4.98 Å². The Kier molecular flexibility index (Phi) is 5.49. The number of carbonyl (C=O) groups is 2. The highest BCUT2D eigenvalue weighted by atomic mass is 19.1. The summed E-state index contributed by atoms with van der Waals surface area (Å²) in [5.74, 6) is -2.74. The van der Waals surface area contributed by atoms with Crippen molar-refractivity contribution in [2.75, 3.05) is 0 Å². The molecule has 0 aliphatic rings. The lowest BCUT2D eigenvalue weighted by molar-refractivity contribution is -0.137. The molecule has 1 aromatic heterocycles. The second kappa shape index (κ2) is 7.99. The standard InChI is InChI=1S/C20H18FN3O4/c1-11-6-3-4-8-13(11)15(10-16(25)26)22-19(27)20-23-18(24-28-20)14-9-5-7-12(2)17(14)21/h3-9,15H,10H2,1-2H3,(H,22,27)(H,25,26). The van der Waals surface area contributed by atoms with Gasteiger partial charge in [-0.1, -0.05) is 41.6 Å². The van der Waals surface area contributed by atoms with E-state index >= 15 is 0 Å². The van der Waals surface area contributed by atoms with E-state index in [1.165, 1.54) is 6.07 Å². The van der Waals surface area contributed by atoms with E-state index in [9.17, 15) is 19.1 Å². The van der Waals surface area contributed by atoms with Gasteiger partial charge in [-0.05, 0) is 36.6 Å². The highest BCUT2D eigenvalue weighted by molar-refractivity contribution is 5.90. The normalized spacial score (nSPS) is 11.8. The smallest absolute Gasteiger partial charge is 0.316 e. The first-order valence-electron chi connectivity index (χ1n) is 8.54. The van der Waals surface area contributed by atoms with Crippen molar-refractivity contribution in [2.45, 2.75) is 26.3 Å². The zero-order valence-electron chi connectivity index (χ0n) is 15.3. The van der Waals surface area contributed by atoms with E-state index in [1.807, 2.05) is 19.1 Å². The number of nitrogens with zero attached hydrogens (tertiary/aromatic N) is 2. The maximum Gasteiger partial charge on any atom is 0.316 e. The van der Waals surface area contributed by atoms with Crippen LogP contribution in [-0.2, 0) is 4.79 Å². The van der Waals surface area contributed by atoms with Crippen molar-refractivity contribution in [3.63, 3.8) is 0 Å². The molecule has 8 heteroatoms. The van der Waals surface area contributed by atoms with Gasteiger partial charge in [-0.3, -0.25) is 9.59 Å². The number of hydrogen-bond donors (Lipinski definition) is 2. The predicted octanol–water partition coefficient (Wildman–Crippen LogP) is 3.44. The van der Waals surface area contributed by atoms with Gasteiger partial charge >= 0.3 is 17.8 Å². The van der Waals surface area contributed by atoms with E-state index < -0.39 is 23.7 Å². The van der Waals surface area contributed by atoms with Crippen LogP contribution >= 0.6 is 0 Å². The molecule has 0 aliphatic carbocycles. The summed E-state index contributed by atoms with van der Waals surface area (Å²) in [6, 6.07) is 11.1. The lowest BCUT2D eigenvalue weighted by Crippen LogP contribution is -2.30. The highest BCUT2D eigenvalue weighted by Gasteiger charge is 2.24. The molecule has 1 heterocycles. The number of hydrogen-bond acceptors (Lipinski definition) is 5. The quantitative estimate of drug-likeness (QED) is 0.676. The van der Waals surface area contributed by atoms with E-state index in [-0.39, 0.29) is 23.7 Å². The Morgan fingerprint density at radius 3 is 2.57 bits per heavy atom. The molecule has 1 atom stereocenters. The Bertz CT molecular complexity index is 1030. The van der Waals surface area contributed by atoms with Gasteiger partial charge in [0, 0.05) is 0 Å². The predicted molar refractivity (Wildman–Crippen MR) is 98.1 cm³/mol. The summed E-state index contributed by atoms with van der Waals surface area (Å²) in [7, 11) is 0. The molecule has 0 aliphatic heterocycles. The van der Waals surface area contributed by atoms with Crippen molar-refractivity contribution >= 4 is 11.9 Å². The molecule has 1 unspecified atom stereocenters. The van der Waals surface area contributed by atoms with Crippen LogP contribution in [0.25, 0.3) is 11.4 Å². The third-order valence-electron chi connectivity index (χ3n) is 4.30. The molecule has 2 aromatic carbocycles. The zero-order chi connectivity index (χ0) is 20.3. The van der Waals surface area contributed by atoms with Crippen LogP contribution in [0.2, 0.25) is 0 Å². The van der Waals surface area contributed by atoms with E-state index in [0.29, 0.717) is 11.1 Å². The molecule has 0 fully saturated rings. The van der Waals surface area contributed by atoms with E-state index in [0.717, 1.165) is 5.56 Å². The third kappa shape index (κ3) is 4.06. The van der Waals surface area contributed by atoms with Crippen LogP contribution in [0.1, 0.15) is 39.8 Å². The lowest BCUT2D eigenvalue weighted by Gasteiger charge is -2.18. The largest absolute Gasteiger partial charge is 0.481 e. The maximum absolute atomic E-state index is 14.2. The Labute approximate surface area is 160 Å². The highest BCUT2D eigenvalue weighted by Crippen LogP contribution is 2.23. The van der Waals surface area contributed by atoms with Gasteiger partial charge in [0.15, 0.2) is 0 Å². The summed E-state index contributed by atoms with van der Waals surface area (Å²) >= 11 is 0. The number of benzene rings is 2. The fourth-order valence-corrected chi connectivity index (χ4v) is 2.86. The number of aliphatic carboxylic acids is 1. The molecule has 0 saturated heterocycles. The molecule has 0 radical (unpaired) electrons. The van der Waals surface area contributed by atoms with Gasteiger partial charge in [0.05, 0.1) is 18.0 Å². The minimum absolute atomic E-state index is 0.0583. The Morgan fingerprint density at radius 2 is 1.86 bits per heavy atom. The summed E-state index contributed by atoms with van der Waals surface area (Å²) in [5.41, 5.74) is 2.03. The Hall–Kier alpha value is -3.55. The molecule has 0 bridgehead atoms. The summed E-state index contributed by atoms with van der Waals surface area (Å²) in [6.45, 7) is 3.42. The first-order chi connectivity index (χ1) is 13.4. The SMILES string of the molecule is Cc1ccccc1C(CC(=O)O)NC(=O)c1nc(-c2cccc(C)c2F)no1. The van der Waals surface area contributed by atoms with Gasteiger partial charge < -0.3 is 14.9 Å². The van der Waals surface area contributed by atoms with E-state index in [1.54, 1.807) is 31.2 Å². The number of amides is 1. The summed E-state index contributed by atoms with van der Waals surface area (Å²) in [6.07, 6.45) is -0.315. The molecule has 3 rings (SSSR count). The van der Waals surface area contributed by atoms with Crippen LogP contribution in [0.5, 0.6) is 0 Å². The second-order valence-electron chi connectivity index (χ2n) is 6.34. The van der Waals surface area contributed by atoms with Crippen LogP contribution in [-0.4, -0.2) is 27.1 Å². The third-order valence-corrected chi connectivity index (χ3v) is 4.30. The molecule has 7 nitrogen and oxygen atoms in total. The topological polar surface area (TPSA) is 105 Å². The molecule has 144 valence electrons. The van der Waals surface area contributed by atoms with Gasteiger partial charge in [-0.15, -0.1) is 0 Å². The molecule has 0 saturated carbocycles. The number of halogens is 1. The van der Waals surface area contributed by atoms with Gasteiger partial charge in [-0.25, -0.2) is 4.39 Å². The van der Waals surface area contributed by atoms with Gasteiger partial charge in [0.25, 0.3) is 0 Å². The van der Waals surface area contributed by atoms with Crippen molar-refractivity contribution in [2.24, 2.45) is 0 Å². The molecular formula is C20H18FN3O4. The van der Waals surface area contributed by atoms with Crippen LogP contribution in [0, 0.1) is 19.7 Å². The number of carboxylic acid groups (broad SMARTS) is 1. The maximum atomic E-state index is 14.2. The summed E-state index contributed by atoms with van der Waals surface area (Å²) in [4.78, 5) is 27.7.